The van der Waals surface area contributed by atoms with E-state index in [0.717, 1.165) is 26.2 Å². The van der Waals surface area contributed by atoms with Crippen LogP contribution in [0.4, 0.5) is 9.52 Å². The highest BCUT2D eigenvalue weighted by atomic mass is 79.9. The van der Waals surface area contributed by atoms with Crippen LogP contribution in [0.1, 0.15) is 17.4 Å². The number of carbonyl (C=O) groups is 1. The highest BCUT2D eigenvalue weighted by Gasteiger charge is 2.11. The molecule has 1 amide bonds. The highest BCUT2D eigenvalue weighted by Crippen LogP contribution is 2.30. The third-order valence-electron chi connectivity index (χ3n) is 3.83. The molecule has 4 nitrogen and oxygen atoms in total. The molecule has 0 saturated carbocycles. The second-order valence-electron chi connectivity index (χ2n) is 5.87. The van der Waals surface area contributed by atoms with E-state index in [0.29, 0.717) is 17.5 Å². The molecule has 1 heterocycles. The predicted octanol–water partition coefficient (Wildman–Crippen LogP) is 6.07. The number of halogens is 2. The molecule has 0 unspecified atom stereocenters. The van der Waals surface area contributed by atoms with E-state index >= 15 is 0 Å². The molecule has 3 aromatic rings. The molecule has 0 saturated heterocycles. The lowest BCUT2D eigenvalue weighted by molar-refractivity contribution is -0.111. The molecular formula is C21H18BrFN2O2S. The van der Waals surface area contributed by atoms with Gasteiger partial charge in [-0.15, -0.1) is 11.3 Å². The molecule has 7 heteroatoms. The molecule has 0 atom stereocenters. The number of hydrogen-bond acceptors (Lipinski definition) is 4. The third kappa shape index (κ3) is 5.05. The van der Waals surface area contributed by atoms with Gasteiger partial charge in [0, 0.05) is 26.6 Å². The van der Waals surface area contributed by atoms with Gasteiger partial charge >= 0.3 is 0 Å². The van der Waals surface area contributed by atoms with Crippen molar-refractivity contribution in [3.63, 3.8) is 0 Å². The molecule has 1 N–H and O–H groups in total. The number of hydrogen-bond donors (Lipinski definition) is 1. The van der Waals surface area contributed by atoms with E-state index in [1.807, 2.05) is 32.0 Å². The minimum Gasteiger partial charge on any atom is -0.493 e. The standard InChI is InChI=1S/C21H18BrFN2O2S/c1-3-27-18-10-7-16(22)12-15(18)6-11-19(26)24-21-25-20(13(2)28-21)14-4-8-17(23)9-5-14/h4-12H,3H2,1-2H3,(H,24,25,26)/b11-6+. The van der Waals surface area contributed by atoms with Crippen LogP contribution in [0.25, 0.3) is 17.3 Å². The molecule has 0 radical (unpaired) electrons. The number of carbonyl (C=O) groups excluding carboxylic acids is 1. The fraction of sp³-hybridized carbons (Fsp3) is 0.143. The van der Waals surface area contributed by atoms with Crippen LogP contribution in [0.2, 0.25) is 0 Å². The van der Waals surface area contributed by atoms with Gasteiger partial charge in [-0.3, -0.25) is 10.1 Å². The fourth-order valence-corrected chi connectivity index (χ4v) is 3.79. The number of benzene rings is 2. The van der Waals surface area contributed by atoms with E-state index in [2.05, 4.69) is 26.2 Å². The van der Waals surface area contributed by atoms with E-state index < -0.39 is 0 Å². The monoisotopic (exact) mass is 460 g/mol. The molecule has 28 heavy (non-hydrogen) atoms. The zero-order valence-electron chi connectivity index (χ0n) is 15.3. The van der Waals surface area contributed by atoms with Crippen LogP contribution in [-0.2, 0) is 4.79 Å². The van der Waals surface area contributed by atoms with Gasteiger partial charge in [0.25, 0.3) is 0 Å². The Bertz CT molecular complexity index is 1020. The van der Waals surface area contributed by atoms with Crippen LogP contribution in [0.3, 0.4) is 0 Å². The molecule has 144 valence electrons. The van der Waals surface area contributed by atoms with Crippen molar-refractivity contribution in [1.29, 1.82) is 0 Å². The van der Waals surface area contributed by atoms with Gasteiger partial charge in [0.15, 0.2) is 5.13 Å². The number of aromatic nitrogens is 1. The van der Waals surface area contributed by atoms with Gasteiger partial charge in [-0.2, -0.15) is 0 Å². The van der Waals surface area contributed by atoms with Crippen LogP contribution in [-0.4, -0.2) is 17.5 Å². The average Bonchev–Trinajstić information content (AvgIpc) is 3.02. The van der Waals surface area contributed by atoms with Crippen LogP contribution >= 0.6 is 27.3 Å². The number of aryl methyl sites for hydroxylation is 1. The molecule has 0 fully saturated rings. The Morgan fingerprint density at radius 3 is 2.75 bits per heavy atom. The summed E-state index contributed by atoms with van der Waals surface area (Å²) in [6.45, 7) is 4.36. The number of thiazole rings is 1. The van der Waals surface area contributed by atoms with E-state index in [1.165, 1.54) is 29.5 Å². The first kappa shape index (κ1) is 20.2. The fourth-order valence-electron chi connectivity index (χ4n) is 2.57. The van der Waals surface area contributed by atoms with Crippen molar-refractivity contribution >= 4 is 44.4 Å². The molecule has 1 aromatic heterocycles. The lowest BCUT2D eigenvalue weighted by atomic mass is 10.1. The molecule has 3 rings (SSSR count). The number of anilines is 1. The zero-order valence-corrected chi connectivity index (χ0v) is 17.7. The van der Waals surface area contributed by atoms with Crippen molar-refractivity contribution in [3.05, 3.63) is 69.3 Å². The first-order valence-electron chi connectivity index (χ1n) is 8.61. The summed E-state index contributed by atoms with van der Waals surface area (Å²) in [5, 5.41) is 3.27. The Labute approximate surface area is 175 Å². The van der Waals surface area contributed by atoms with E-state index in [9.17, 15) is 9.18 Å². The Kier molecular flexibility index (Phi) is 6.59. The first-order valence-corrected chi connectivity index (χ1v) is 10.2. The van der Waals surface area contributed by atoms with Gasteiger partial charge in [-0.05, 0) is 62.4 Å². The summed E-state index contributed by atoms with van der Waals surface area (Å²) in [7, 11) is 0. The minimum absolute atomic E-state index is 0.290. The molecule has 0 bridgehead atoms. The summed E-state index contributed by atoms with van der Waals surface area (Å²) < 4.78 is 19.6. The third-order valence-corrected chi connectivity index (χ3v) is 5.21. The predicted molar refractivity (Wildman–Crippen MR) is 115 cm³/mol. The zero-order chi connectivity index (χ0) is 20.1. The maximum atomic E-state index is 13.1. The number of nitrogens with zero attached hydrogens (tertiary/aromatic N) is 1. The van der Waals surface area contributed by atoms with Crippen LogP contribution < -0.4 is 10.1 Å². The molecule has 0 aliphatic rings. The quantitative estimate of drug-likeness (QED) is 0.454. The normalized spacial score (nSPS) is 11.0. The van der Waals surface area contributed by atoms with Crippen molar-refractivity contribution < 1.29 is 13.9 Å². The summed E-state index contributed by atoms with van der Waals surface area (Å²) >= 11 is 4.80. The topological polar surface area (TPSA) is 51.2 Å². The molecule has 0 spiro atoms. The molecule has 2 aromatic carbocycles. The summed E-state index contributed by atoms with van der Waals surface area (Å²) in [6.07, 6.45) is 3.14. The van der Waals surface area contributed by atoms with Crippen molar-refractivity contribution in [2.45, 2.75) is 13.8 Å². The van der Waals surface area contributed by atoms with Crippen molar-refractivity contribution in [3.8, 4) is 17.0 Å². The number of amides is 1. The van der Waals surface area contributed by atoms with Gasteiger partial charge in [0.2, 0.25) is 5.91 Å². The number of nitrogens with one attached hydrogen (secondary N) is 1. The van der Waals surface area contributed by atoms with E-state index in [1.54, 1.807) is 18.2 Å². The SMILES string of the molecule is CCOc1ccc(Br)cc1/C=C/C(=O)Nc1nc(-c2ccc(F)cc2)c(C)s1. The number of ether oxygens (including phenoxy) is 1. The van der Waals surface area contributed by atoms with Crippen LogP contribution in [0, 0.1) is 12.7 Å². The van der Waals surface area contributed by atoms with Gasteiger partial charge in [-0.25, -0.2) is 9.37 Å². The second-order valence-corrected chi connectivity index (χ2v) is 7.99. The van der Waals surface area contributed by atoms with Crippen molar-refractivity contribution in [2.24, 2.45) is 0 Å². The smallest absolute Gasteiger partial charge is 0.250 e. The molecule has 0 aliphatic heterocycles. The van der Waals surface area contributed by atoms with Crippen molar-refractivity contribution in [2.75, 3.05) is 11.9 Å². The summed E-state index contributed by atoms with van der Waals surface area (Å²) in [4.78, 5) is 17.7. The van der Waals surface area contributed by atoms with Gasteiger partial charge in [0.05, 0.1) is 12.3 Å². The second kappa shape index (κ2) is 9.12. The maximum Gasteiger partial charge on any atom is 0.250 e. The number of rotatable bonds is 6. The van der Waals surface area contributed by atoms with Gasteiger partial charge < -0.3 is 4.74 Å². The highest BCUT2D eigenvalue weighted by molar-refractivity contribution is 9.10. The van der Waals surface area contributed by atoms with Crippen molar-refractivity contribution in [1.82, 2.24) is 4.98 Å². The van der Waals surface area contributed by atoms with Crippen LogP contribution in [0.15, 0.2) is 53.0 Å². The van der Waals surface area contributed by atoms with Crippen LogP contribution in [0.5, 0.6) is 5.75 Å². The molecular weight excluding hydrogens is 443 g/mol. The van der Waals surface area contributed by atoms with Gasteiger partial charge in [0.1, 0.15) is 11.6 Å². The largest absolute Gasteiger partial charge is 0.493 e. The Hall–Kier alpha value is -2.51. The van der Waals surface area contributed by atoms with Gasteiger partial charge in [-0.1, -0.05) is 15.9 Å². The maximum absolute atomic E-state index is 13.1. The summed E-state index contributed by atoms with van der Waals surface area (Å²) in [5.74, 6) is 0.120. The lowest BCUT2D eigenvalue weighted by Crippen LogP contribution is -2.07. The first-order chi connectivity index (χ1) is 13.5. The Balaban J connectivity index is 1.74. The molecule has 0 aliphatic carbocycles. The Morgan fingerprint density at radius 1 is 1.29 bits per heavy atom. The minimum atomic E-state index is -0.297. The van der Waals surface area contributed by atoms with E-state index in [-0.39, 0.29) is 11.7 Å². The average molecular weight is 461 g/mol. The summed E-state index contributed by atoms with van der Waals surface area (Å²) in [5.41, 5.74) is 2.34. The Morgan fingerprint density at radius 2 is 2.04 bits per heavy atom. The summed E-state index contributed by atoms with van der Waals surface area (Å²) in [6, 6.07) is 11.7. The van der Waals surface area contributed by atoms with E-state index in [4.69, 9.17) is 4.74 Å². The lowest BCUT2D eigenvalue weighted by Gasteiger charge is -2.07.